The Morgan fingerprint density at radius 2 is 2.00 bits per heavy atom. The lowest BCUT2D eigenvalue weighted by molar-refractivity contribution is -0.125. The minimum Gasteiger partial charge on any atom is -0.482 e. The molecule has 9 heteroatoms. The molecule has 0 bridgehead atoms. The summed E-state index contributed by atoms with van der Waals surface area (Å²) in [6.07, 6.45) is 2.43. The first-order chi connectivity index (χ1) is 13.7. The molecular formula is C20H29N3O5S. The Morgan fingerprint density at radius 1 is 1.31 bits per heavy atom. The van der Waals surface area contributed by atoms with Crippen molar-refractivity contribution in [2.75, 3.05) is 31.1 Å². The van der Waals surface area contributed by atoms with Crippen LogP contribution < -0.4 is 15.0 Å². The second-order valence-electron chi connectivity index (χ2n) is 7.86. The summed E-state index contributed by atoms with van der Waals surface area (Å²) in [6, 6.07) is 4.49. The smallest absolute Gasteiger partial charge is 0.265 e. The molecule has 1 fully saturated rings. The van der Waals surface area contributed by atoms with Gasteiger partial charge in [0, 0.05) is 19.1 Å². The number of carbonyl (C=O) groups is 2. The van der Waals surface area contributed by atoms with Crippen molar-refractivity contribution >= 4 is 27.5 Å². The van der Waals surface area contributed by atoms with E-state index < -0.39 is 10.0 Å². The summed E-state index contributed by atoms with van der Waals surface area (Å²) in [7, 11) is -3.67. The first kappa shape index (κ1) is 21.6. The summed E-state index contributed by atoms with van der Waals surface area (Å²) in [5.41, 5.74) is 0.312. The van der Waals surface area contributed by atoms with Crippen LogP contribution in [0.1, 0.15) is 40.0 Å². The number of hydrogen-bond donors (Lipinski definition) is 1. The number of rotatable bonds is 6. The van der Waals surface area contributed by atoms with E-state index in [1.165, 1.54) is 21.3 Å². The zero-order valence-corrected chi connectivity index (χ0v) is 18.0. The zero-order valence-electron chi connectivity index (χ0n) is 17.2. The lowest BCUT2D eigenvalue weighted by atomic mass is 10.0. The quantitative estimate of drug-likeness (QED) is 0.752. The molecule has 0 aromatic heterocycles. The van der Waals surface area contributed by atoms with Crippen molar-refractivity contribution in [1.29, 1.82) is 0 Å². The van der Waals surface area contributed by atoms with E-state index in [0.717, 1.165) is 19.3 Å². The molecule has 2 aliphatic rings. The number of benzene rings is 1. The number of anilines is 1. The lowest BCUT2D eigenvalue weighted by Crippen LogP contribution is -2.46. The van der Waals surface area contributed by atoms with Gasteiger partial charge in [-0.05, 0) is 50.3 Å². The minimum atomic E-state index is -3.67. The van der Waals surface area contributed by atoms with Gasteiger partial charge in [-0.15, -0.1) is 0 Å². The van der Waals surface area contributed by atoms with Gasteiger partial charge < -0.3 is 10.1 Å². The second-order valence-corrected chi connectivity index (χ2v) is 9.80. The topological polar surface area (TPSA) is 96.0 Å². The fraction of sp³-hybridized carbons (Fsp3) is 0.600. The van der Waals surface area contributed by atoms with Crippen LogP contribution in [-0.2, 0) is 19.6 Å². The van der Waals surface area contributed by atoms with Crippen LogP contribution in [0.2, 0.25) is 0 Å². The molecule has 1 saturated heterocycles. The van der Waals surface area contributed by atoms with Crippen molar-refractivity contribution in [2.24, 2.45) is 5.92 Å². The van der Waals surface area contributed by atoms with Gasteiger partial charge in [0.05, 0.1) is 10.6 Å². The molecule has 0 saturated carbocycles. The number of fused-ring (bicyclic) bond motifs is 1. The number of amides is 2. The normalized spacial score (nSPS) is 19.4. The highest BCUT2D eigenvalue weighted by Gasteiger charge is 2.32. The van der Waals surface area contributed by atoms with Gasteiger partial charge in [0.2, 0.25) is 15.9 Å². The Kier molecular flexibility index (Phi) is 6.48. The number of sulfonamides is 1. The third-order valence-electron chi connectivity index (χ3n) is 5.58. The van der Waals surface area contributed by atoms with Gasteiger partial charge in [-0.1, -0.05) is 13.8 Å². The third kappa shape index (κ3) is 4.72. The maximum atomic E-state index is 13.1. The number of nitrogens with one attached hydrogen (secondary N) is 1. The van der Waals surface area contributed by atoms with Crippen LogP contribution in [0.25, 0.3) is 0 Å². The highest BCUT2D eigenvalue weighted by atomic mass is 32.2. The summed E-state index contributed by atoms with van der Waals surface area (Å²) in [6.45, 7) is 6.57. The van der Waals surface area contributed by atoms with E-state index in [9.17, 15) is 18.0 Å². The summed E-state index contributed by atoms with van der Waals surface area (Å²) >= 11 is 0. The number of nitrogens with zero attached hydrogens (tertiary/aromatic N) is 2. The molecule has 2 heterocycles. The van der Waals surface area contributed by atoms with Gasteiger partial charge in [0.1, 0.15) is 12.3 Å². The highest BCUT2D eigenvalue weighted by Crippen LogP contribution is 2.35. The molecule has 29 heavy (non-hydrogen) atoms. The fourth-order valence-corrected chi connectivity index (χ4v) is 4.95. The zero-order chi connectivity index (χ0) is 21.2. The van der Waals surface area contributed by atoms with E-state index in [0.29, 0.717) is 30.4 Å². The SMILES string of the molecule is CCC(C)NC(=O)CN1C(=O)COc2ccc(S(=O)(=O)N3CCC(C)CC3)cc21. The first-order valence-electron chi connectivity index (χ1n) is 10.1. The molecule has 1 unspecified atom stereocenters. The summed E-state index contributed by atoms with van der Waals surface area (Å²) < 4.78 is 33.1. The monoisotopic (exact) mass is 423 g/mol. The van der Waals surface area contributed by atoms with E-state index in [-0.39, 0.29) is 35.9 Å². The van der Waals surface area contributed by atoms with Crippen LogP contribution in [0.5, 0.6) is 5.75 Å². The Morgan fingerprint density at radius 3 is 2.66 bits per heavy atom. The molecule has 0 spiro atoms. The van der Waals surface area contributed by atoms with Crippen molar-refractivity contribution in [3.63, 3.8) is 0 Å². The molecule has 2 amide bonds. The van der Waals surface area contributed by atoms with Crippen LogP contribution in [-0.4, -0.2) is 56.8 Å². The van der Waals surface area contributed by atoms with E-state index in [1.54, 1.807) is 6.07 Å². The molecule has 2 aliphatic heterocycles. The number of carbonyl (C=O) groups excluding carboxylic acids is 2. The molecule has 1 aromatic carbocycles. The first-order valence-corrected chi connectivity index (χ1v) is 11.5. The van der Waals surface area contributed by atoms with Gasteiger partial charge in [-0.25, -0.2) is 8.42 Å². The maximum absolute atomic E-state index is 13.1. The predicted octanol–water partition coefficient (Wildman–Crippen LogP) is 1.75. The summed E-state index contributed by atoms with van der Waals surface area (Å²) in [4.78, 5) is 26.1. The van der Waals surface area contributed by atoms with Gasteiger partial charge in [-0.2, -0.15) is 4.31 Å². The summed E-state index contributed by atoms with van der Waals surface area (Å²) in [5.74, 6) is 0.236. The molecule has 1 atom stereocenters. The van der Waals surface area contributed by atoms with Crippen molar-refractivity contribution in [2.45, 2.75) is 51.0 Å². The number of hydrogen-bond acceptors (Lipinski definition) is 5. The van der Waals surface area contributed by atoms with Crippen LogP contribution >= 0.6 is 0 Å². The van der Waals surface area contributed by atoms with Crippen molar-refractivity contribution in [3.05, 3.63) is 18.2 Å². The van der Waals surface area contributed by atoms with Crippen LogP contribution in [0.3, 0.4) is 0 Å². The number of piperidine rings is 1. The van der Waals surface area contributed by atoms with Gasteiger partial charge in [-0.3, -0.25) is 14.5 Å². The lowest BCUT2D eigenvalue weighted by Gasteiger charge is -2.31. The van der Waals surface area contributed by atoms with E-state index >= 15 is 0 Å². The second kappa shape index (κ2) is 8.71. The largest absolute Gasteiger partial charge is 0.482 e. The average molecular weight is 424 g/mol. The van der Waals surface area contributed by atoms with Crippen molar-refractivity contribution in [3.8, 4) is 5.75 Å². The van der Waals surface area contributed by atoms with Crippen molar-refractivity contribution < 1.29 is 22.7 Å². The highest BCUT2D eigenvalue weighted by molar-refractivity contribution is 7.89. The van der Waals surface area contributed by atoms with Gasteiger partial charge in [0.15, 0.2) is 6.61 Å². The van der Waals surface area contributed by atoms with Crippen molar-refractivity contribution in [1.82, 2.24) is 9.62 Å². The third-order valence-corrected chi connectivity index (χ3v) is 7.47. The molecular weight excluding hydrogens is 394 g/mol. The number of ether oxygens (including phenoxy) is 1. The molecule has 1 N–H and O–H groups in total. The van der Waals surface area contributed by atoms with E-state index in [1.807, 2.05) is 13.8 Å². The Hall–Kier alpha value is -2.13. The molecule has 0 aliphatic carbocycles. The fourth-order valence-electron chi connectivity index (χ4n) is 3.46. The van der Waals surface area contributed by atoms with Gasteiger partial charge in [0.25, 0.3) is 5.91 Å². The van der Waals surface area contributed by atoms with Crippen LogP contribution in [0.15, 0.2) is 23.1 Å². The maximum Gasteiger partial charge on any atom is 0.265 e. The predicted molar refractivity (Wildman–Crippen MR) is 109 cm³/mol. The van der Waals surface area contributed by atoms with E-state index in [2.05, 4.69) is 12.2 Å². The van der Waals surface area contributed by atoms with E-state index in [4.69, 9.17) is 4.74 Å². The Balaban J connectivity index is 1.86. The van der Waals surface area contributed by atoms with Crippen LogP contribution in [0, 0.1) is 5.92 Å². The minimum absolute atomic E-state index is 0.00804. The molecule has 160 valence electrons. The Labute approximate surface area is 172 Å². The van der Waals surface area contributed by atoms with Crippen LogP contribution in [0.4, 0.5) is 5.69 Å². The van der Waals surface area contributed by atoms with Gasteiger partial charge >= 0.3 is 0 Å². The molecule has 3 rings (SSSR count). The molecule has 0 radical (unpaired) electrons. The molecule has 1 aromatic rings. The summed E-state index contributed by atoms with van der Waals surface area (Å²) in [5, 5.41) is 2.83. The standard InChI is InChI=1S/C20H29N3O5S/c1-4-15(3)21-19(24)12-23-17-11-16(5-6-18(17)28-13-20(23)25)29(26,27)22-9-7-14(2)8-10-22/h5-6,11,14-15H,4,7-10,12-13H2,1-3H3,(H,21,24). The Bertz CT molecular complexity index is 878. The molecule has 8 nitrogen and oxygen atoms in total. The average Bonchev–Trinajstić information content (AvgIpc) is 2.70.